The van der Waals surface area contributed by atoms with E-state index in [1.54, 1.807) is 16.8 Å². The Kier molecular flexibility index (Phi) is 3.20. The highest BCUT2D eigenvalue weighted by Gasteiger charge is 2.14. The lowest BCUT2D eigenvalue weighted by atomic mass is 10.1. The van der Waals surface area contributed by atoms with Crippen molar-refractivity contribution in [3.05, 3.63) is 51.2 Å². The molecule has 18 heavy (non-hydrogen) atoms. The van der Waals surface area contributed by atoms with Crippen LogP contribution in [-0.2, 0) is 0 Å². The number of non-ortho nitro benzene ring substituents is 1. The van der Waals surface area contributed by atoms with Gasteiger partial charge in [0.25, 0.3) is 5.69 Å². The minimum Gasteiger partial charge on any atom is -0.383 e. The summed E-state index contributed by atoms with van der Waals surface area (Å²) in [4.78, 5) is 10.1. The van der Waals surface area contributed by atoms with Gasteiger partial charge in [0, 0.05) is 12.1 Å². The van der Waals surface area contributed by atoms with Crippen molar-refractivity contribution in [2.45, 2.75) is 13.0 Å². The molecule has 0 saturated carbocycles. The summed E-state index contributed by atoms with van der Waals surface area (Å²) < 4.78 is 1.57. The van der Waals surface area contributed by atoms with E-state index in [-0.39, 0.29) is 11.7 Å². The summed E-state index contributed by atoms with van der Waals surface area (Å²) in [6.07, 6.45) is 1.47. The maximum atomic E-state index is 10.6. The standard InChI is InChI=1S/C11H11ClN4O2/c1-7(15-11(13)10(12)6-14-15)8-2-4-9(5-3-8)16(17)18/h2-7H,13H2,1H3. The largest absolute Gasteiger partial charge is 0.383 e. The Labute approximate surface area is 108 Å². The van der Waals surface area contributed by atoms with Crippen molar-refractivity contribution in [1.82, 2.24) is 9.78 Å². The van der Waals surface area contributed by atoms with E-state index in [1.807, 2.05) is 6.92 Å². The Morgan fingerprint density at radius 2 is 2.06 bits per heavy atom. The zero-order valence-electron chi connectivity index (χ0n) is 9.58. The van der Waals surface area contributed by atoms with Gasteiger partial charge in [-0.15, -0.1) is 0 Å². The molecule has 2 aromatic rings. The monoisotopic (exact) mass is 266 g/mol. The lowest BCUT2D eigenvalue weighted by Gasteiger charge is -2.14. The number of nitrogens with two attached hydrogens (primary N) is 1. The van der Waals surface area contributed by atoms with E-state index in [0.717, 1.165) is 5.56 Å². The Balaban J connectivity index is 2.31. The Morgan fingerprint density at radius 3 is 2.50 bits per heavy atom. The molecule has 0 bridgehead atoms. The minimum absolute atomic E-state index is 0.0532. The number of hydrogen-bond donors (Lipinski definition) is 1. The third-order valence-electron chi connectivity index (χ3n) is 2.74. The predicted octanol–water partition coefficient (Wildman–Crippen LogP) is 2.64. The zero-order chi connectivity index (χ0) is 13.3. The molecule has 0 spiro atoms. The number of hydrogen-bond acceptors (Lipinski definition) is 4. The molecule has 0 aliphatic rings. The molecule has 1 heterocycles. The fourth-order valence-electron chi connectivity index (χ4n) is 1.68. The normalized spacial score (nSPS) is 12.3. The van der Waals surface area contributed by atoms with Crippen LogP contribution in [0.1, 0.15) is 18.5 Å². The highest BCUT2D eigenvalue weighted by atomic mass is 35.5. The fourth-order valence-corrected chi connectivity index (χ4v) is 1.81. The Hall–Kier alpha value is -2.08. The smallest absolute Gasteiger partial charge is 0.269 e. The maximum Gasteiger partial charge on any atom is 0.269 e. The number of nitrogens with zero attached hydrogens (tertiary/aromatic N) is 3. The number of nitrogen functional groups attached to an aromatic ring is 1. The second kappa shape index (κ2) is 4.66. The first kappa shape index (κ1) is 12.4. The molecule has 1 atom stereocenters. The summed E-state index contributed by atoms with van der Waals surface area (Å²) in [6, 6.07) is 6.12. The van der Waals surface area contributed by atoms with Crippen molar-refractivity contribution >= 4 is 23.1 Å². The number of benzene rings is 1. The van der Waals surface area contributed by atoms with Crippen LogP contribution in [0.2, 0.25) is 5.02 Å². The van der Waals surface area contributed by atoms with Crippen LogP contribution in [0.4, 0.5) is 11.5 Å². The van der Waals surface area contributed by atoms with Crippen molar-refractivity contribution < 1.29 is 4.92 Å². The minimum atomic E-state index is -0.437. The van der Waals surface area contributed by atoms with Crippen LogP contribution < -0.4 is 5.73 Å². The van der Waals surface area contributed by atoms with Gasteiger partial charge in [0.1, 0.15) is 10.8 Å². The third-order valence-corrected chi connectivity index (χ3v) is 3.03. The highest BCUT2D eigenvalue weighted by molar-refractivity contribution is 6.32. The van der Waals surface area contributed by atoms with Crippen LogP contribution in [0, 0.1) is 10.1 Å². The van der Waals surface area contributed by atoms with Gasteiger partial charge >= 0.3 is 0 Å². The van der Waals surface area contributed by atoms with E-state index in [2.05, 4.69) is 5.10 Å². The lowest BCUT2D eigenvalue weighted by molar-refractivity contribution is -0.384. The zero-order valence-corrected chi connectivity index (χ0v) is 10.3. The SMILES string of the molecule is CC(c1ccc([N+](=O)[O-])cc1)n1ncc(Cl)c1N. The summed E-state index contributed by atoms with van der Waals surface area (Å²) in [5.41, 5.74) is 6.70. The molecule has 0 radical (unpaired) electrons. The predicted molar refractivity (Wildman–Crippen MR) is 68.6 cm³/mol. The van der Waals surface area contributed by atoms with Crippen molar-refractivity contribution in [2.24, 2.45) is 0 Å². The van der Waals surface area contributed by atoms with Crippen LogP contribution in [0.3, 0.4) is 0 Å². The molecule has 0 saturated heterocycles. The van der Waals surface area contributed by atoms with Gasteiger partial charge < -0.3 is 5.73 Å². The maximum absolute atomic E-state index is 10.6. The van der Waals surface area contributed by atoms with E-state index in [4.69, 9.17) is 17.3 Å². The van der Waals surface area contributed by atoms with E-state index in [1.165, 1.54) is 18.3 Å². The van der Waals surface area contributed by atoms with Crippen molar-refractivity contribution in [3.63, 3.8) is 0 Å². The average molecular weight is 267 g/mol. The van der Waals surface area contributed by atoms with Crippen LogP contribution in [-0.4, -0.2) is 14.7 Å². The van der Waals surface area contributed by atoms with Crippen molar-refractivity contribution in [2.75, 3.05) is 5.73 Å². The first-order chi connectivity index (χ1) is 8.50. The molecule has 1 aromatic heterocycles. The van der Waals surface area contributed by atoms with Gasteiger partial charge in [-0.3, -0.25) is 10.1 Å². The molecule has 0 amide bonds. The van der Waals surface area contributed by atoms with E-state index in [9.17, 15) is 10.1 Å². The number of anilines is 1. The summed E-state index contributed by atoms with van der Waals surface area (Å²) in [5.74, 6) is 0.377. The molecule has 1 unspecified atom stereocenters. The lowest BCUT2D eigenvalue weighted by Crippen LogP contribution is -2.11. The Morgan fingerprint density at radius 1 is 1.44 bits per heavy atom. The van der Waals surface area contributed by atoms with Gasteiger partial charge in [-0.25, -0.2) is 4.68 Å². The molecule has 2 N–H and O–H groups in total. The van der Waals surface area contributed by atoms with Crippen molar-refractivity contribution in [3.8, 4) is 0 Å². The second-order valence-corrected chi connectivity index (χ2v) is 4.25. The first-order valence-corrected chi connectivity index (χ1v) is 5.61. The van der Waals surface area contributed by atoms with Gasteiger partial charge in [-0.1, -0.05) is 23.7 Å². The number of halogens is 1. The Bertz CT molecular complexity index is 579. The fraction of sp³-hybridized carbons (Fsp3) is 0.182. The second-order valence-electron chi connectivity index (χ2n) is 3.85. The number of nitro benzene ring substituents is 1. The van der Waals surface area contributed by atoms with Gasteiger partial charge in [-0.2, -0.15) is 5.10 Å². The van der Waals surface area contributed by atoms with Crippen molar-refractivity contribution in [1.29, 1.82) is 0 Å². The van der Waals surface area contributed by atoms with Gasteiger partial charge in [0.15, 0.2) is 0 Å². The van der Waals surface area contributed by atoms with Crippen LogP contribution in [0.5, 0.6) is 0 Å². The summed E-state index contributed by atoms with van der Waals surface area (Å²) >= 11 is 5.83. The average Bonchev–Trinajstić information content (AvgIpc) is 2.69. The van der Waals surface area contributed by atoms with Crippen LogP contribution in [0.15, 0.2) is 30.5 Å². The number of nitro groups is 1. The number of rotatable bonds is 3. The van der Waals surface area contributed by atoms with Gasteiger partial charge in [0.05, 0.1) is 17.2 Å². The van der Waals surface area contributed by atoms with Gasteiger partial charge in [-0.05, 0) is 12.5 Å². The topological polar surface area (TPSA) is 87.0 Å². The molecule has 94 valence electrons. The summed E-state index contributed by atoms with van der Waals surface area (Å²) in [5, 5.41) is 15.0. The van der Waals surface area contributed by atoms with Crippen LogP contribution >= 0.6 is 11.6 Å². The van der Waals surface area contributed by atoms with E-state index < -0.39 is 4.92 Å². The first-order valence-electron chi connectivity index (χ1n) is 5.23. The van der Waals surface area contributed by atoms with Gasteiger partial charge in [0.2, 0.25) is 0 Å². The molecule has 0 fully saturated rings. The molecular formula is C11H11ClN4O2. The molecule has 6 nitrogen and oxygen atoms in total. The molecule has 1 aromatic carbocycles. The number of aromatic nitrogens is 2. The molecule has 0 aliphatic carbocycles. The van der Waals surface area contributed by atoms with Crippen LogP contribution in [0.25, 0.3) is 0 Å². The summed E-state index contributed by atoms with van der Waals surface area (Å²) in [6.45, 7) is 1.89. The highest BCUT2D eigenvalue weighted by Crippen LogP contribution is 2.26. The third kappa shape index (κ3) is 2.14. The molecule has 7 heteroatoms. The molecular weight excluding hydrogens is 256 g/mol. The molecule has 0 aliphatic heterocycles. The summed E-state index contributed by atoms with van der Waals surface area (Å²) in [7, 11) is 0. The van der Waals surface area contributed by atoms with E-state index in [0.29, 0.717) is 10.8 Å². The quantitative estimate of drug-likeness (QED) is 0.683. The molecule has 2 rings (SSSR count). The van der Waals surface area contributed by atoms with E-state index >= 15 is 0 Å².